The van der Waals surface area contributed by atoms with Crippen molar-refractivity contribution in [2.24, 2.45) is 0 Å². The van der Waals surface area contributed by atoms with E-state index in [9.17, 15) is 9.18 Å². The molecule has 2 N–H and O–H groups in total. The van der Waals surface area contributed by atoms with Crippen LogP contribution in [0.5, 0.6) is 0 Å². The molecule has 132 valence electrons. The van der Waals surface area contributed by atoms with E-state index in [4.69, 9.17) is 11.6 Å². The van der Waals surface area contributed by atoms with Gasteiger partial charge in [0.15, 0.2) is 0 Å². The van der Waals surface area contributed by atoms with E-state index in [1.807, 2.05) is 24.3 Å². The number of nitrogens with one attached hydrogen (secondary N) is 2. The predicted octanol–water partition coefficient (Wildman–Crippen LogP) is 4.78. The van der Waals surface area contributed by atoms with E-state index in [-0.39, 0.29) is 5.56 Å². The van der Waals surface area contributed by atoms with Crippen LogP contribution in [0.4, 0.5) is 15.9 Å². The third kappa shape index (κ3) is 4.80. The number of anilines is 2. The largest absolute Gasteiger partial charge is 0.370 e. The van der Waals surface area contributed by atoms with Gasteiger partial charge in [-0.25, -0.2) is 9.37 Å². The molecule has 4 nitrogen and oxygen atoms in total. The molecule has 0 aliphatic heterocycles. The maximum absolute atomic E-state index is 13.6. The number of rotatable bonds is 6. The van der Waals surface area contributed by atoms with Crippen LogP contribution in [-0.2, 0) is 6.42 Å². The molecule has 1 heterocycles. The summed E-state index contributed by atoms with van der Waals surface area (Å²) in [5.74, 6) is -0.366. The number of aromatic nitrogens is 1. The van der Waals surface area contributed by atoms with Crippen molar-refractivity contribution in [2.75, 3.05) is 17.2 Å². The molecule has 1 amide bonds. The molecule has 0 unspecified atom stereocenters. The van der Waals surface area contributed by atoms with Crippen LogP contribution in [0, 0.1) is 5.82 Å². The zero-order valence-electron chi connectivity index (χ0n) is 13.9. The van der Waals surface area contributed by atoms with Crippen molar-refractivity contribution >= 4 is 29.0 Å². The average Bonchev–Trinajstić information content (AvgIpc) is 2.65. The van der Waals surface area contributed by atoms with Crippen LogP contribution in [0.1, 0.15) is 15.9 Å². The quantitative estimate of drug-likeness (QED) is 0.657. The molecule has 0 bridgehead atoms. The maximum Gasteiger partial charge on any atom is 0.258 e. The minimum Gasteiger partial charge on any atom is -0.370 e. The number of amides is 1. The summed E-state index contributed by atoms with van der Waals surface area (Å²) in [5, 5.41) is 6.56. The van der Waals surface area contributed by atoms with Gasteiger partial charge in [0.2, 0.25) is 0 Å². The normalized spacial score (nSPS) is 10.4. The second kappa shape index (κ2) is 8.45. The van der Waals surface area contributed by atoms with Gasteiger partial charge >= 0.3 is 0 Å². The minimum absolute atomic E-state index is 0.00216. The van der Waals surface area contributed by atoms with Crippen LogP contribution < -0.4 is 10.6 Å². The van der Waals surface area contributed by atoms with Crippen molar-refractivity contribution < 1.29 is 9.18 Å². The summed E-state index contributed by atoms with van der Waals surface area (Å²) in [7, 11) is 0. The Bertz CT molecular complexity index is 882. The zero-order valence-corrected chi connectivity index (χ0v) is 14.6. The lowest BCUT2D eigenvalue weighted by molar-refractivity contribution is 0.102. The lowest BCUT2D eigenvalue weighted by Crippen LogP contribution is -2.14. The Balaban J connectivity index is 1.52. The lowest BCUT2D eigenvalue weighted by atomic mass is 10.1. The number of benzene rings is 2. The van der Waals surface area contributed by atoms with Crippen LogP contribution in [0.25, 0.3) is 0 Å². The molecule has 0 atom stereocenters. The molecule has 3 rings (SSSR count). The molecule has 0 aliphatic carbocycles. The van der Waals surface area contributed by atoms with Gasteiger partial charge in [-0.05, 0) is 48.4 Å². The summed E-state index contributed by atoms with van der Waals surface area (Å²) < 4.78 is 13.6. The first-order valence-corrected chi connectivity index (χ1v) is 8.50. The molecule has 0 fully saturated rings. The fourth-order valence-corrected chi connectivity index (χ4v) is 2.53. The van der Waals surface area contributed by atoms with Crippen LogP contribution in [-0.4, -0.2) is 17.4 Å². The Morgan fingerprint density at radius 1 is 1.04 bits per heavy atom. The second-order valence-electron chi connectivity index (χ2n) is 5.67. The number of halogens is 2. The van der Waals surface area contributed by atoms with E-state index < -0.39 is 11.7 Å². The number of pyridine rings is 1. The van der Waals surface area contributed by atoms with Crippen molar-refractivity contribution in [3.8, 4) is 0 Å². The number of hydrogen-bond donors (Lipinski definition) is 2. The fourth-order valence-electron chi connectivity index (χ4n) is 2.40. The van der Waals surface area contributed by atoms with Crippen LogP contribution in [0.3, 0.4) is 0 Å². The summed E-state index contributed by atoms with van der Waals surface area (Å²) >= 11 is 5.86. The van der Waals surface area contributed by atoms with E-state index in [0.717, 1.165) is 18.0 Å². The van der Waals surface area contributed by atoms with Gasteiger partial charge in [0.25, 0.3) is 5.91 Å². The van der Waals surface area contributed by atoms with Crippen LogP contribution in [0.15, 0.2) is 66.9 Å². The average molecular weight is 370 g/mol. The summed E-state index contributed by atoms with van der Waals surface area (Å²) in [6.07, 6.45) is 2.37. The summed E-state index contributed by atoms with van der Waals surface area (Å²) in [4.78, 5) is 16.3. The lowest BCUT2D eigenvalue weighted by Gasteiger charge is -2.08. The first-order chi connectivity index (χ1) is 12.6. The highest BCUT2D eigenvalue weighted by atomic mass is 35.5. The van der Waals surface area contributed by atoms with Gasteiger partial charge in [-0.15, -0.1) is 0 Å². The molecule has 3 aromatic rings. The predicted molar refractivity (Wildman–Crippen MR) is 102 cm³/mol. The SMILES string of the molecule is O=C(Nc1ccc(NCCc2ccc(Cl)cc2)nc1)c1ccccc1F. The maximum atomic E-state index is 13.6. The number of nitrogens with zero attached hydrogens (tertiary/aromatic N) is 1. The number of hydrogen-bond acceptors (Lipinski definition) is 3. The summed E-state index contributed by atoms with van der Waals surface area (Å²) in [5.41, 5.74) is 1.68. The minimum atomic E-state index is -0.557. The topological polar surface area (TPSA) is 54.0 Å². The Hall–Kier alpha value is -2.92. The summed E-state index contributed by atoms with van der Waals surface area (Å²) in [6, 6.07) is 17.0. The molecular formula is C20H17ClFN3O. The highest BCUT2D eigenvalue weighted by Gasteiger charge is 2.10. The van der Waals surface area contributed by atoms with Crippen LogP contribution >= 0.6 is 11.6 Å². The Morgan fingerprint density at radius 3 is 2.50 bits per heavy atom. The highest BCUT2D eigenvalue weighted by Crippen LogP contribution is 2.14. The van der Waals surface area contributed by atoms with Gasteiger partial charge in [0.05, 0.1) is 17.4 Å². The molecule has 1 aromatic heterocycles. The molecule has 0 radical (unpaired) electrons. The number of carbonyl (C=O) groups is 1. The third-order valence-corrected chi connectivity index (χ3v) is 4.02. The summed E-state index contributed by atoms with van der Waals surface area (Å²) in [6.45, 7) is 0.718. The van der Waals surface area contributed by atoms with E-state index in [1.165, 1.54) is 30.0 Å². The van der Waals surface area contributed by atoms with Crippen LogP contribution in [0.2, 0.25) is 5.02 Å². The Morgan fingerprint density at radius 2 is 1.81 bits per heavy atom. The van der Waals surface area contributed by atoms with Gasteiger partial charge in [-0.3, -0.25) is 4.79 Å². The van der Waals surface area contributed by atoms with Crippen molar-refractivity contribution in [3.05, 3.63) is 88.8 Å². The Kier molecular flexibility index (Phi) is 5.81. The monoisotopic (exact) mass is 369 g/mol. The standard InChI is InChI=1S/C20H17ClFN3O/c21-15-7-5-14(6-8-15)11-12-23-19-10-9-16(13-24-19)25-20(26)17-3-1-2-4-18(17)22/h1-10,13H,11-12H2,(H,23,24)(H,25,26). The molecule has 26 heavy (non-hydrogen) atoms. The molecule has 2 aromatic carbocycles. The van der Waals surface area contributed by atoms with Gasteiger partial charge in [-0.1, -0.05) is 35.9 Å². The first kappa shape index (κ1) is 17.9. The molecule has 0 aliphatic rings. The highest BCUT2D eigenvalue weighted by molar-refractivity contribution is 6.30. The Labute approximate surface area is 156 Å². The smallest absolute Gasteiger partial charge is 0.258 e. The molecule has 6 heteroatoms. The first-order valence-electron chi connectivity index (χ1n) is 8.12. The van der Waals surface area contributed by atoms with Crippen molar-refractivity contribution in [1.82, 2.24) is 4.98 Å². The van der Waals surface area contributed by atoms with Gasteiger partial charge in [0, 0.05) is 11.6 Å². The van der Waals surface area contributed by atoms with E-state index >= 15 is 0 Å². The van der Waals surface area contributed by atoms with Crippen molar-refractivity contribution in [3.63, 3.8) is 0 Å². The van der Waals surface area contributed by atoms with E-state index in [1.54, 1.807) is 18.2 Å². The molecule has 0 spiro atoms. The second-order valence-corrected chi connectivity index (χ2v) is 6.11. The van der Waals surface area contributed by atoms with Crippen molar-refractivity contribution in [1.29, 1.82) is 0 Å². The van der Waals surface area contributed by atoms with E-state index in [0.29, 0.717) is 11.5 Å². The fraction of sp³-hybridized carbons (Fsp3) is 0.100. The van der Waals surface area contributed by atoms with Gasteiger partial charge < -0.3 is 10.6 Å². The van der Waals surface area contributed by atoms with E-state index in [2.05, 4.69) is 15.6 Å². The van der Waals surface area contributed by atoms with Gasteiger partial charge in [-0.2, -0.15) is 0 Å². The molecule has 0 saturated heterocycles. The molecular weight excluding hydrogens is 353 g/mol. The van der Waals surface area contributed by atoms with Crippen molar-refractivity contribution in [2.45, 2.75) is 6.42 Å². The molecule has 0 saturated carbocycles. The number of carbonyl (C=O) groups excluding carboxylic acids is 1. The third-order valence-electron chi connectivity index (χ3n) is 3.77. The zero-order chi connectivity index (χ0) is 18.4. The van der Waals surface area contributed by atoms with Gasteiger partial charge in [0.1, 0.15) is 11.6 Å².